The van der Waals surface area contributed by atoms with E-state index in [2.05, 4.69) is 11.4 Å². The summed E-state index contributed by atoms with van der Waals surface area (Å²) in [5.74, 6) is 0.297. The van der Waals surface area contributed by atoms with Crippen LogP contribution in [0.5, 0.6) is 5.75 Å². The van der Waals surface area contributed by atoms with Crippen LogP contribution in [0.3, 0.4) is 0 Å². The molecular weight excluding hydrogens is 336 g/mol. The van der Waals surface area contributed by atoms with E-state index in [0.29, 0.717) is 17.7 Å². The zero-order chi connectivity index (χ0) is 18.9. The Hall–Kier alpha value is -3.58. The number of hydrogen-bond donors (Lipinski definition) is 1. The van der Waals surface area contributed by atoms with Crippen LogP contribution < -0.4 is 10.1 Å². The lowest BCUT2D eigenvalue weighted by Gasteiger charge is -2.20. The molecule has 0 heterocycles. The minimum atomic E-state index is -0.206. The molecule has 1 N–H and O–H groups in total. The molecule has 1 atom stereocenters. The van der Waals surface area contributed by atoms with Crippen molar-refractivity contribution >= 4 is 5.91 Å². The fourth-order valence-corrected chi connectivity index (χ4v) is 2.83. The molecule has 0 fully saturated rings. The highest BCUT2D eigenvalue weighted by molar-refractivity contribution is 5.78. The lowest BCUT2D eigenvalue weighted by atomic mass is 9.99. The van der Waals surface area contributed by atoms with Gasteiger partial charge in [0.2, 0.25) is 0 Å². The lowest BCUT2D eigenvalue weighted by molar-refractivity contribution is -0.123. The fraction of sp³-hybridized carbons (Fsp3) is 0.130. The van der Waals surface area contributed by atoms with Crippen LogP contribution in [0.4, 0.5) is 0 Å². The van der Waals surface area contributed by atoms with Crippen LogP contribution in [-0.4, -0.2) is 12.5 Å². The highest BCUT2D eigenvalue weighted by atomic mass is 16.5. The first-order valence-electron chi connectivity index (χ1n) is 8.76. The van der Waals surface area contributed by atoms with Gasteiger partial charge in [0.1, 0.15) is 5.75 Å². The summed E-state index contributed by atoms with van der Waals surface area (Å²) in [6.45, 7) is -0.104. The molecule has 134 valence electrons. The number of nitriles is 1. The van der Waals surface area contributed by atoms with Crippen molar-refractivity contribution in [3.63, 3.8) is 0 Å². The monoisotopic (exact) mass is 356 g/mol. The van der Waals surface area contributed by atoms with Gasteiger partial charge in [0.15, 0.2) is 6.61 Å². The van der Waals surface area contributed by atoms with Gasteiger partial charge in [-0.2, -0.15) is 5.26 Å². The molecule has 3 aromatic rings. The van der Waals surface area contributed by atoms with Crippen molar-refractivity contribution < 1.29 is 9.53 Å². The number of benzene rings is 3. The molecule has 0 aliphatic carbocycles. The van der Waals surface area contributed by atoms with Gasteiger partial charge in [-0.1, -0.05) is 66.7 Å². The number of ether oxygens (including phenoxy) is 1. The summed E-state index contributed by atoms with van der Waals surface area (Å²) in [6.07, 6.45) is 0.695. The topological polar surface area (TPSA) is 62.1 Å². The normalized spacial score (nSPS) is 11.2. The number of rotatable bonds is 7. The first-order chi connectivity index (χ1) is 13.2. The minimum absolute atomic E-state index is 0.104. The molecule has 0 aliphatic rings. The molecule has 0 bridgehead atoms. The Morgan fingerprint density at radius 3 is 2.37 bits per heavy atom. The number of amides is 1. The van der Waals surface area contributed by atoms with E-state index in [1.807, 2.05) is 60.7 Å². The first kappa shape index (κ1) is 18.2. The number of hydrogen-bond acceptors (Lipinski definition) is 3. The largest absolute Gasteiger partial charge is 0.484 e. The SMILES string of the molecule is N#Cc1cccc(OCC(=O)N[C@H](Cc2ccccc2)c2ccccc2)c1. The maximum atomic E-state index is 12.4. The average molecular weight is 356 g/mol. The summed E-state index contributed by atoms with van der Waals surface area (Å²) in [5, 5.41) is 12.0. The fourth-order valence-electron chi connectivity index (χ4n) is 2.83. The van der Waals surface area contributed by atoms with Crippen molar-refractivity contribution in [1.29, 1.82) is 5.26 Å². The molecule has 27 heavy (non-hydrogen) atoms. The van der Waals surface area contributed by atoms with E-state index in [1.165, 1.54) is 0 Å². The summed E-state index contributed by atoms with van der Waals surface area (Å²) in [6, 6.07) is 28.6. The average Bonchev–Trinajstić information content (AvgIpc) is 2.73. The van der Waals surface area contributed by atoms with Gasteiger partial charge in [0.25, 0.3) is 5.91 Å². The van der Waals surface area contributed by atoms with Gasteiger partial charge in [-0.3, -0.25) is 4.79 Å². The number of carbonyl (C=O) groups is 1. The molecule has 4 heteroatoms. The van der Waals surface area contributed by atoms with Crippen LogP contribution in [0.2, 0.25) is 0 Å². The van der Waals surface area contributed by atoms with E-state index < -0.39 is 0 Å². The van der Waals surface area contributed by atoms with Crippen LogP contribution in [0.25, 0.3) is 0 Å². The molecule has 0 aromatic heterocycles. The third kappa shape index (κ3) is 5.45. The Kier molecular flexibility index (Phi) is 6.21. The van der Waals surface area contributed by atoms with Gasteiger partial charge in [-0.25, -0.2) is 0 Å². The Bertz CT molecular complexity index is 918. The predicted molar refractivity (Wildman–Crippen MR) is 104 cm³/mol. The van der Waals surface area contributed by atoms with Gasteiger partial charge in [0.05, 0.1) is 17.7 Å². The van der Waals surface area contributed by atoms with Gasteiger partial charge in [-0.15, -0.1) is 0 Å². The predicted octanol–water partition coefficient (Wildman–Crippen LogP) is 4.04. The van der Waals surface area contributed by atoms with Crippen LogP contribution in [0, 0.1) is 11.3 Å². The Labute approximate surface area is 159 Å². The smallest absolute Gasteiger partial charge is 0.258 e. The van der Waals surface area contributed by atoms with Crippen molar-refractivity contribution in [3.05, 3.63) is 102 Å². The van der Waals surface area contributed by atoms with Crippen LogP contribution in [0.1, 0.15) is 22.7 Å². The van der Waals surface area contributed by atoms with Crippen molar-refractivity contribution in [2.24, 2.45) is 0 Å². The molecule has 3 rings (SSSR count). The zero-order valence-electron chi connectivity index (χ0n) is 14.8. The molecule has 1 amide bonds. The van der Waals surface area contributed by atoms with Gasteiger partial charge in [0, 0.05) is 0 Å². The molecule has 0 radical (unpaired) electrons. The molecule has 3 aromatic carbocycles. The third-order valence-corrected chi connectivity index (χ3v) is 4.15. The Morgan fingerprint density at radius 1 is 0.963 bits per heavy atom. The molecule has 0 aliphatic heterocycles. The standard InChI is InChI=1S/C23H20N2O2/c24-16-19-10-7-13-21(14-19)27-17-23(26)25-22(20-11-5-2-6-12-20)15-18-8-3-1-4-9-18/h1-14,22H,15,17H2,(H,25,26)/t22-/m1/s1. The summed E-state index contributed by atoms with van der Waals surface area (Å²) in [4.78, 5) is 12.4. The highest BCUT2D eigenvalue weighted by Gasteiger charge is 2.15. The van der Waals surface area contributed by atoms with E-state index in [4.69, 9.17) is 10.00 Å². The highest BCUT2D eigenvalue weighted by Crippen LogP contribution is 2.18. The van der Waals surface area contributed by atoms with Crippen molar-refractivity contribution in [2.75, 3.05) is 6.61 Å². The Balaban J connectivity index is 1.66. The van der Waals surface area contributed by atoms with E-state index in [-0.39, 0.29) is 18.6 Å². The summed E-state index contributed by atoms with van der Waals surface area (Å²) >= 11 is 0. The van der Waals surface area contributed by atoms with Crippen molar-refractivity contribution in [3.8, 4) is 11.8 Å². The number of nitrogens with one attached hydrogen (secondary N) is 1. The molecule has 4 nitrogen and oxygen atoms in total. The van der Waals surface area contributed by atoms with Crippen LogP contribution in [0.15, 0.2) is 84.9 Å². The summed E-state index contributed by atoms with van der Waals surface area (Å²) < 4.78 is 5.53. The second-order valence-electron chi connectivity index (χ2n) is 6.15. The second-order valence-corrected chi connectivity index (χ2v) is 6.15. The van der Waals surface area contributed by atoms with Gasteiger partial charge < -0.3 is 10.1 Å². The maximum Gasteiger partial charge on any atom is 0.258 e. The molecule has 0 saturated heterocycles. The minimum Gasteiger partial charge on any atom is -0.484 e. The maximum absolute atomic E-state index is 12.4. The quantitative estimate of drug-likeness (QED) is 0.695. The lowest BCUT2D eigenvalue weighted by Crippen LogP contribution is -2.33. The first-order valence-corrected chi connectivity index (χ1v) is 8.76. The number of nitrogens with zero attached hydrogens (tertiary/aromatic N) is 1. The van der Waals surface area contributed by atoms with Crippen molar-refractivity contribution in [1.82, 2.24) is 5.32 Å². The van der Waals surface area contributed by atoms with Crippen molar-refractivity contribution in [2.45, 2.75) is 12.5 Å². The van der Waals surface area contributed by atoms with E-state index in [1.54, 1.807) is 24.3 Å². The molecule has 0 spiro atoms. The summed E-state index contributed by atoms with van der Waals surface area (Å²) in [5.41, 5.74) is 2.69. The van der Waals surface area contributed by atoms with Gasteiger partial charge in [-0.05, 0) is 35.7 Å². The third-order valence-electron chi connectivity index (χ3n) is 4.15. The Morgan fingerprint density at radius 2 is 1.67 bits per heavy atom. The van der Waals surface area contributed by atoms with E-state index >= 15 is 0 Å². The zero-order valence-corrected chi connectivity index (χ0v) is 14.8. The second kappa shape index (κ2) is 9.21. The molecule has 0 unspecified atom stereocenters. The summed E-state index contributed by atoms with van der Waals surface area (Å²) in [7, 11) is 0. The van der Waals surface area contributed by atoms with Crippen LogP contribution in [-0.2, 0) is 11.2 Å². The molecular formula is C23H20N2O2. The number of carbonyl (C=O) groups excluding carboxylic acids is 1. The van der Waals surface area contributed by atoms with Crippen LogP contribution >= 0.6 is 0 Å². The van der Waals surface area contributed by atoms with E-state index in [9.17, 15) is 4.79 Å². The van der Waals surface area contributed by atoms with Gasteiger partial charge >= 0.3 is 0 Å². The molecule has 0 saturated carbocycles. The van der Waals surface area contributed by atoms with E-state index in [0.717, 1.165) is 11.1 Å².